The number of amides is 1. The number of ether oxygens (including phenoxy) is 1. The molecule has 2 aliphatic heterocycles. The maximum atomic E-state index is 11.7. The summed E-state index contributed by atoms with van der Waals surface area (Å²) in [5.74, 6) is 0.506. The number of hydrogen-bond donors (Lipinski definition) is 1. The van der Waals surface area contributed by atoms with Crippen LogP contribution in [-0.4, -0.2) is 24.2 Å². The van der Waals surface area contributed by atoms with E-state index in [4.69, 9.17) is 4.74 Å². The van der Waals surface area contributed by atoms with Gasteiger partial charge in [-0.15, -0.1) is 0 Å². The van der Waals surface area contributed by atoms with Crippen molar-refractivity contribution in [3.05, 3.63) is 35.9 Å². The predicted octanol–water partition coefficient (Wildman–Crippen LogP) is 2.30. The number of benzene rings is 1. The lowest BCUT2D eigenvalue weighted by Gasteiger charge is -2.24. The Bertz CT molecular complexity index is 445. The molecule has 2 saturated heterocycles. The molecular weight excluding hydrogens is 238 g/mol. The zero-order valence-electron chi connectivity index (χ0n) is 11.3. The number of hydrogen-bond acceptors (Lipinski definition) is 2. The Hall–Kier alpha value is -1.35. The van der Waals surface area contributed by atoms with Gasteiger partial charge in [0.25, 0.3) is 0 Å². The molecule has 3 heteroatoms. The van der Waals surface area contributed by atoms with Crippen LogP contribution in [0, 0.1) is 5.92 Å². The van der Waals surface area contributed by atoms with Crippen LogP contribution in [0.5, 0.6) is 0 Å². The molecule has 0 spiro atoms. The predicted molar refractivity (Wildman–Crippen MR) is 73.8 cm³/mol. The number of rotatable bonds is 3. The molecule has 19 heavy (non-hydrogen) atoms. The van der Waals surface area contributed by atoms with Gasteiger partial charge in [-0.3, -0.25) is 4.79 Å². The van der Waals surface area contributed by atoms with Crippen molar-refractivity contribution in [3.63, 3.8) is 0 Å². The first-order valence-electron chi connectivity index (χ1n) is 7.21. The van der Waals surface area contributed by atoms with E-state index in [1.807, 2.05) is 6.07 Å². The molecule has 1 amide bonds. The summed E-state index contributed by atoms with van der Waals surface area (Å²) in [5.41, 5.74) is 1.28. The van der Waals surface area contributed by atoms with E-state index in [9.17, 15) is 4.79 Å². The summed E-state index contributed by atoms with van der Waals surface area (Å²) < 4.78 is 5.97. The van der Waals surface area contributed by atoms with Gasteiger partial charge in [0.2, 0.25) is 5.91 Å². The second-order valence-corrected chi connectivity index (χ2v) is 5.79. The molecule has 3 nitrogen and oxygen atoms in total. The van der Waals surface area contributed by atoms with E-state index < -0.39 is 0 Å². The molecule has 1 aromatic rings. The van der Waals surface area contributed by atoms with Crippen molar-refractivity contribution in [3.8, 4) is 0 Å². The van der Waals surface area contributed by atoms with Crippen LogP contribution in [0.15, 0.2) is 30.3 Å². The van der Waals surface area contributed by atoms with Crippen molar-refractivity contribution in [2.75, 3.05) is 0 Å². The minimum absolute atomic E-state index is 0.175. The molecule has 2 aliphatic rings. The number of nitrogens with one attached hydrogen (secondary N) is 1. The molecule has 0 bridgehead atoms. The summed E-state index contributed by atoms with van der Waals surface area (Å²) in [6.45, 7) is 2.12. The average Bonchev–Trinajstić information content (AvgIpc) is 2.97. The highest BCUT2D eigenvalue weighted by Gasteiger charge is 2.40. The molecule has 2 fully saturated rings. The van der Waals surface area contributed by atoms with E-state index in [0.29, 0.717) is 18.4 Å². The lowest BCUT2D eigenvalue weighted by atomic mass is 9.88. The van der Waals surface area contributed by atoms with Crippen molar-refractivity contribution in [1.29, 1.82) is 0 Å². The van der Waals surface area contributed by atoms with Crippen LogP contribution in [0.3, 0.4) is 0 Å². The fourth-order valence-corrected chi connectivity index (χ4v) is 3.34. The summed E-state index contributed by atoms with van der Waals surface area (Å²) in [5, 5.41) is 3.13. The third-order valence-corrected chi connectivity index (χ3v) is 4.33. The minimum atomic E-state index is 0.175. The topological polar surface area (TPSA) is 38.3 Å². The van der Waals surface area contributed by atoms with Crippen molar-refractivity contribution in [2.45, 2.75) is 50.9 Å². The van der Waals surface area contributed by atoms with Gasteiger partial charge >= 0.3 is 0 Å². The van der Waals surface area contributed by atoms with Gasteiger partial charge in [-0.05, 0) is 31.7 Å². The first-order chi connectivity index (χ1) is 9.22. The van der Waals surface area contributed by atoms with Crippen molar-refractivity contribution < 1.29 is 9.53 Å². The Labute approximate surface area is 114 Å². The molecule has 3 rings (SSSR count). The minimum Gasteiger partial charge on any atom is -0.375 e. The summed E-state index contributed by atoms with van der Waals surface area (Å²) in [6.07, 6.45) is 4.33. The van der Waals surface area contributed by atoms with Gasteiger partial charge < -0.3 is 10.1 Å². The van der Waals surface area contributed by atoms with E-state index in [1.54, 1.807) is 0 Å². The van der Waals surface area contributed by atoms with Crippen LogP contribution in [-0.2, 0) is 16.0 Å². The zero-order valence-corrected chi connectivity index (χ0v) is 11.3. The van der Waals surface area contributed by atoms with Gasteiger partial charge in [0.15, 0.2) is 0 Å². The van der Waals surface area contributed by atoms with E-state index in [-0.39, 0.29) is 18.1 Å². The molecule has 1 N–H and O–H groups in total. The van der Waals surface area contributed by atoms with E-state index in [2.05, 4.69) is 36.5 Å². The van der Waals surface area contributed by atoms with Crippen molar-refractivity contribution in [1.82, 2.24) is 5.32 Å². The Kier molecular flexibility index (Phi) is 3.56. The fraction of sp³-hybridized carbons (Fsp3) is 0.562. The van der Waals surface area contributed by atoms with Crippen LogP contribution < -0.4 is 5.32 Å². The van der Waals surface area contributed by atoms with Gasteiger partial charge in [-0.2, -0.15) is 0 Å². The smallest absolute Gasteiger partial charge is 0.220 e. The van der Waals surface area contributed by atoms with Crippen LogP contribution in [0.1, 0.15) is 31.7 Å². The Morgan fingerprint density at radius 1 is 1.26 bits per heavy atom. The summed E-state index contributed by atoms with van der Waals surface area (Å²) in [6, 6.07) is 10.6. The molecule has 102 valence electrons. The lowest BCUT2D eigenvalue weighted by Crippen LogP contribution is -2.36. The highest BCUT2D eigenvalue weighted by molar-refractivity contribution is 5.79. The number of carbonyl (C=O) groups excluding carboxylic acids is 1. The molecular formula is C16H21NO2. The lowest BCUT2D eigenvalue weighted by molar-refractivity contribution is -0.119. The van der Waals surface area contributed by atoms with Crippen LogP contribution >= 0.6 is 0 Å². The quantitative estimate of drug-likeness (QED) is 0.904. The van der Waals surface area contributed by atoms with Gasteiger partial charge in [0.1, 0.15) is 0 Å². The van der Waals surface area contributed by atoms with Crippen LogP contribution in [0.4, 0.5) is 0 Å². The zero-order chi connectivity index (χ0) is 13.2. The van der Waals surface area contributed by atoms with Gasteiger partial charge in [0.05, 0.1) is 12.2 Å². The molecule has 1 aromatic carbocycles. The van der Waals surface area contributed by atoms with Gasteiger partial charge in [0, 0.05) is 18.4 Å². The highest BCUT2D eigenvalue weighted by atomic mass is 16.5. The molecule has 4 unspecified atom stereocenters. The second kappa shape index (κ2) is 5.33. The summed E-state index contributed by atoms with van der Waals surface area (Å²) in [4.78, 5) is 11.7. The number of carbonyl (C=O) groups is 1. The normalized spacial score (nSPS) is 34.5. The second-order valence-electron chi connectivity index (χ2n) is 5.79. The monoisotopic (exact) mass is 259 g/mol. The molecule has 0 aromatic heterocycles. The molecule has 2 heterocycles. The standard InChI is InChI=1S/C16H21NO2/c1-11-7-8-15(19-11)13-10-16(18)17-14(13)9-12-5-3-2-4-6-12/h2-6,11,13-15H,7-10H2,1H3,(H,17,18). The molecule has 0 aliphatic carbocycles. The van der Waals surface area contributed by atoms with Crippen molar-refractivity contribution >= 4 is 5.91 Å². The molecule has 0 saturated carbocycles. The fourth-order valence-electron chi connectivity index (χ4n) is 3.34. The SMILES string of the molecule is CC1CCC(C2CC(=O)NC2Cc2ccccc2)O1. The average molecular weight is 259 g/mol. The third kappa shape index (κ3) is 2.81. The maximum absolute atomic E-state index is 11.7. The van der Waals surface area contributed by atoms with E-state index in [1.165, 1.54) is 5.56 Å². The Morgan fingerprint density at radius 2 is 2.05 bits per heavy atom. The van der Waals surface area contributed by atoms with Crippen LogP contribution in [0.2, 0.25) is 0 Å². The summed E-state index contributed by atoms with van der Waals surface area (Å²) >= 11 is 0. The maximum Gasteiger partial charge on any atom is 0.220 e. The van der Waals surface area contributed by atoms with Gasteiger partial charge in [-0.25, -0.2) is 0 Å². The first-order valence-corrected chi connectivity index (χ1v) is 7.21. The molecule has 4 atom stereocenters. The van der Waals surface area contributed by atoms with Crippen LogP contribution in [0.25, 0.3) is 0 Å². The van der Waals surface area contributed by atoms with E-state index in [0.717, 1.165) is 19.3 Å². The first kappa shape index (κ1) is 12.7. The van der Waals surface area contributed by atoms with Gasteiger partial charge in [-0.1, -0.05) is 30.3 Å². The highest BCUT2D eigenvalue weighted by Crippen LogP contribution is 2.33. The third-order valence-electron chi connectivity index (χ3n) is 4.33. The Morgan fingerprint density at radius 3 is 2.74 bits per heavy atom. The Balaban J connectivity index is 1.70. The van der Waals surface area contributed by atoms with E-state index >= 15 is 0 Å². The largest absolute Gasteiger partial charge is 0.375 e. The molecule has 0 radical (unpaired) electrons. The summed E-state index contributed by atoms with van der Waals surface area (Å²) in [7, 11) is 0. The van der Waals surface area contributed by atoms with Crippen molar-refractivity contribution in [2.24, 2.45) is 5.92 Å².